The highest BCUT2D eigenvalue weighted by Crippen LogP contribution is 2.27. The molecule has 0 amide bonds. The summed E-state index contributed by atoms with van der Waals surface area (Å²) in [6.07, 6.45) is 0. The highest BCUT2D eigenvalue weighted by Gasteiger charge is 2.51. The molecule has 2 unspecified atom stereocenters. The summed E-state index contributed by atoms with van der Waals surface area (Å²) in [5, 5.41) is 10.2. The van der Waals surface area contributed by atoms with Crippen LogP contribution in [0.4, 0.5) is 0 Å². The van der Waals surface area contributed by atoms with Gasteiger partial charge in [-0.2, -0.15) is 0 Å². The molecule has 0 heterocycles. The minimum atomic E-state index is -2.90. The first-order valence-corrected chi connectivity index (χ1v) is 22.6. The highest BCUT2D eigenvalue weighted by atomic mass is 29.2. The molecule has 0 saturated heterocycles. The molecule has 0 aliphatic heterocycles. The smallest absolute Gasteiger partial charge is 0.419 e. The van der Waals surface area contributed by atoms with Gasteiger partial charge in [-0.05, 0) is 46.1 Å². The fourth-order valence-corrected chi connectivity index (χ4v) is 24.2. The van der Waals surface area contributed by atoms with Crippen LogP contribution in [0.15, 0.2) is 0 Å². The number of aliphatic hydroxyl groups is 1. The van der Waals surface area contributed by atoms with Crippen LogP contribution in [-0.2, 0) is 21.2 Å². The Kier molecular flexibility index (Phi) is 9.20. The molecule has 0 aromatic carbocycles. The molecule has 1 N–H and O–H groups in total. The van der Waals surface area contributed by atoms with Crippen molar-refractivity contribution in [2.45, 2.75) is 77.9 Å². The summed E-state index contributed by atoms with van der Waals surface area (Å²) in [7, 11) is -7.23. The van der Waals surface area contributed by atoms with Crippen LogP contribution in [0.3, 0.4) is 0 Å². The van der Waals surface area contributed by atoms with Gasteiger partial charge in [0.1, 0.15) is 0 Å². The quantitative estimate of drug-likeness (QED) is 0.493. The van der Waals surface area contributed by atoms with E-state index in [1.165, 1.54) is 0 Å². The van der Waals surface area contributed by atoms with Gasteiger partial charge in [-0.3, -0.25) is 0 Å². The normalized spacial score (nSPS) is 19.0. The highest BCUT2D eigenvalue weighted by molar-refractivity contribution is 7.30. The third-order valence-corrected chi connectivity index (χ3v) is 25.7. The van der Waals surface area contributed by atoms with Gasteiger partial charge in [0.25, 0.3) is 0 Å². The maximum atomic E-state index is 10.2. The van der Waals surface area contributed by atoms with Crippen molar-refractivity contribution in [3.63, 3.8) is 0 Å². The fraction of sp³-hybridized carbons (Fsp3) is 1.00. The molecule has 6 nitrogen and oxygen atoms in total. The molecule has 151 valence electrons. The molecule has 0 aliphatic rings. The van der Waals surface area contributed by atoms with Crippen molar-refractivity contribution in [3.8, 4) is 0 Å². The average Bonchev–Trinajstić information content (AvgIpc) is 2.33. The predicted molar refractivity (Wildman–Crippen MR) is 114 cm³/mol. The Morgan fingerprint density at radius 1 is 0.840 bits per heavy atom. The van der Waals surface area contributed by atoms with Crippen LogP contribution < -0.4 is 0 Å². The Balaban J connectivity index is 5.27. The molecule has 0 aliphatic carbocycles. The number of hydrogen-bond acceptors (Lipinski definition) is 6. The van der Waals surface area contributed by atoms with Gasteiger partial charge in [-0.25, -0.2) is 0 Å². The van der Waals surface area contributed by atoms with Crippen LogP contribution >= 0.6 is 0 Å². The van der Waals surface area contributed by atoms with E-state index in [-0.39, 0.29) is 0 Å². The summed E-state index contributed by atoms with van der Waals surface area (Å²) in [5.74, 6) is 0. The lowest BCUT2D eigenvalue weighted by atomic mass is 10.2. The molecule has 0 aromatic heterocycles. The number of hydrogen-bond donors (Lipinski definition) is 1. The van der Waals surface area contributed by atoms with Gasteiger partial charge >= 0.3 is 17.6 Å². The number of rotatable bonds is 11. The second-order valence-electron chi connectivity index (χ2n) is 8.98. The van der Waals surface area contributed by atoms with Crippen molar-refractivity contribution >= 4 is 42.1 Å². The van der Waals surface area contributed by atoms with Crippen molar-refractivity contribution in [3.05, 3.63) is 0 Å². The lowest BCUT2D eigenvalue weighted by Gasteiger charge is -2.40. The molecule has 0 saturated carbocycles. The third kappa shape index (κ3) is 10.1. The summed E-state index contributed by atoms with van der Waals surface area (Å²) in [6.45, 7) is 20.5. The topological polar surface area (TPSA) is 66.4 Å². The first-order chi connectivity index (χ1) is 10.9. The summed E-state index contributed by atoms with van der Waals surface area (Å²) in [6, 6.07) is 0.781. The third-order valence-electron chi connectivity index (χ3n) is 3.77. The standard InChI is InChI=1S/C14H39O6Si5/c1-14(2,15)13-23(9,10)21(5)18-24(11,16-3)20-25(12,17-4)19-22(6,7)8/h15H,13H2,1-12H3. The Hall–Kier alpha value is 0.844. The molecular weight excluding hydrogens is 405 g/mol. The summed E-state index contributed by atoms with van der Waals surface area (Å²) in [5.41, 5.74) is -0.687. The summed E-state index contributed by atoms with van der Waals surface area (Å²) >= 11 is 0. The Labute approximate surface area is 160 Å². The van der Waals surface area contributed by atoms with Crippen molar-refractivity contribution < 1.29 is 26.3 Å². The zero-order valence-corrected chi connectivity index (χ0v) is 23.2. The molecule has 2 atom stereocenters. The van der Waals surface area contributed by atoms with E-state index in [2.05, 4.69) is 39.3 Å². The molecule has 0 fully saturated rings. The molecule has 1 radical (unpaired) electrons. The van der Waals surface area contributed by atoms with Crippen LogP contribution in [0, 0.1) is 0 Å². The van der Waals surface area contributed by atoms with Crippen LogP contribution in [0.2, 0.25) is 58.4 Å². The van der Waals surface area contributed by atoms with Crippen molar-refractivity contribution in [2.24, 2.45) is 0 Å². The molecular formula is C14H39O6Si5. The molecule has 0 bridgehead atoms. The van der Waals surface area contributed by atoms with Crippen LogP contribution in [0.5, 0.6) is 0 Å². The summed E-state index contributed by atoms with van der Waals surface area (Å²) in [4.78, 5) is 0. The van der Waals surface area contributed by atoms with E-state index in [1.54, 1.807) is 14.2 Å². The Morgan fingerprint density at radius 3 is 1.60 bits per heavy atom. The van der Waals surface area contributed by atoms with Gasteiger partial charge in [0, 0.05) is 27.3 Å². The van der Waals surface area contributed by atoms with Gasteiger partial charge in [-0.15, -0.1) is 0 Å². The fourth-order valence-electron chi connectivity index (χ4n) is 2.72. The average molecular weight is 444 g/mol. The molecule has 0 aromatic rings. The molecule has 11 heteroatoms. The second-order valence-corrected chi connectivity index (χ2v) is 31.3. The van der Waals surface area contributed by atoms with E-state index >= 15 is 0 Å². The molecule has 0 rings (SSSR count). The van der Waals surface area contributed by atoms with Gasteiger partial charge in [0.2, 0.25) is 0 Å². The summed E-state index contributed by atoms with van der Waals surface area (Å²) < 4.78 is 30.3. The predicted octanol–water partition coefficient (Wildman–Crippen LogP) is 3.48. The largest absolute Gasteiger partial charge is 0.479 e. The van der Waals surface area contributed by atoms with Crippen molar-refractivity contribution in [2.75, 3.05) is 14.2 Å². The lowest BCUT2D eigenvalue weighted by molar-refractivity contribution is 0.0999. The second kappa shape index (κ2) is 8.90. The maximum Gasteiger partial charge on any atom is 0.479 e. The minimum absolute atomic E-state index is 0.687. The monoisotopic (exact) mass is 443 g/mol. The van der Waals surface area contributed by atoms with E-state index in [1.807, 2.05) is 26.9 Å². The van der Waals surface area contributed by atoms with E-state index < -0.39 is 47.7 Å². The van der Waals surface area contributed by atoms with Crippen LogP contribution in [0.1, 0.15) is 13.8 Å². The van der Waals surface area contributed by atoms with Crippen molar-refractivity contribution in [1.29, 1.82) is 0 Å². The first-order valence-electron chi connectivity index (χ1n) is 8.63. The van der Waals surface area contributed by atoms with Gasteiger partial charge in [-0.1, -0.05) is 13.1 Å². The van der Waals surface area contributed by atoms with Gasteiger partial charge < -0.3 is 26.3 Å². The van der Waals surface area contributed by atoms with E-state index in [9.17, 15) is 5.11 Å². The molecule has 0 spiro atoms. The minimum Gasteiger partial charge on any atom is -0.419 e. The van der Waals surface area contributed by atoms with E-state index in [0.29, 0.717) is 0 Å². The lowest BCUT2D eigenvalue weighted by Crippen LogP contribution is -2.62. The SMILES string of the molecule is CO[Si](C)(O[Si](C)[Si](C)(C)CC(C)(C)O)O[Si](C)(OC)O[Si](C)(C)C. The van der Waals surface area contributed by atoms with Gasteiger partial charge in [0.15, 0.2) is 16.9 Å². The van der Waals surface area contributed by atoms with Crippen LogP contribution in [-0.4, -0.2) is 67.0 Å². The van der Waals surface area contributed by atoms with E-state index in [4.69, 9.17) is 21.2 Å². The van der Waals surface area contributed by atoms with E-state index in [0.717, 1.165) is 6.04 Å². The van der Waals surface area contributed by atoms with Crippen molar-refractivity contribution in [1.82, 2.24) is 0 Å². The van der Waals surface area contributed by atoms with Crippen LogP contribution in [0.25, 0.3) is 0 Å². The molecule has 25 heavy (non-hydrogen) atoms. The maximum absolute atomic E-state index is 10.2. The Morgan fingerprint density at radius 2 is 1.28 bits per heavy atom. The Bertz CT molecular complexity index is 425. The zero-order valence-electron chi connectivity index (χ0n) is 18.2. The zero-order chi connectivity index (χ0) is 20.3. The first kappa shape index (κ1) is 25.8. The van der Waals surface area contributed by atoms with Gasteiger partial charge in [0.05, 0.1) is 13.2 Å².